The molecule has 1 aliphatic rings. The van der Waals surface area contributed by atoms with Gasteiger partial charge < -0.3 is 10.1 Å². The van der Waals surface area contributed by atoms with Crippen LogP contribution in [0.2, 0.25) is 0 Å². The molecule has 0 saturated heterocycles. The number of pyridine rings is 1. The standard InChI is InChI=1S/C17H22N2O/c1-2-6-15(7-3-1)18-11-12-20-16-8-9-17-14(13-16)5-4-10-19-17/h4-5,8-10,13,15,18H,1-3,6-7,11-12H2. The molecule has 0 spiro atoms. The third kappa shape index (κ3) is 3.48. The van der Waals surface area contributed by atoms with Crippen LogP contribution < -0.4 is 10.1 Å². The first-order chi connectivity index (χ1) is 9.92. The van der Waals surface area contributed by atoms with Crippen LogP contribution in [0.15, 0.2) is 36.5 Å². The monoisotopic (exact) mass is 270 g/mol. The van der Waals surface area contributed by atoms with Crippen molar-refractivity contribution in [2.24, 2.45) is 0 Å². The van der Waals surface area contributed by atoms with Gasteiger partial charge in [-0.2, -0.15) is 0 Å². The zero-order valence-corrected chi connectivity index (χ0v) is 11.8. The normalized spacial score (nSPS) is 16.4. The molecule has 1 heterocycles. The van der Waals surface area contributed by atoms with Gasteiger partial charge in [0.25, 0.3) is 0 Å². The number of benzene rings is 1. The maximum atomic E-state index is 5.81. The van der Waals surface area contributed by atoms with Crippen molar-refractivity contribution in [1.82, 2.24) is 10.3 Å². The highest BCUT2D eigenvalue weighted by atomic mass is 16.5. The lowest BCUT2D eigenvalue weighted by molar-refractivity contribution is 0.289. The summed E-state index contributed by atoms with van der Waals surface area (Å²) in [6, 6.07) is 10.8. The highest BCUT2D eigenvalue weighted by molar-refractivity contribution is 5.79. The van der Waals surface area contributed by atoms with Crippen molar-refractivity contribution < 1.29 is 4.74 Å². The largest absolute Gasteiger partial charge is 0.492 e. The Kier molecular flexibility index (Phi) is 4.49. The minimum Gasteiger partial charge on any atom is -0.492 e. The first-order valence-corrected chi connectivity index (χ1v) is 7.63. The lowest BCUT2D eigenvalue weighted by Crippen LogP contribution is -2.34. The lowest BCUT2D eigenvalue weighted by Gasteiger charge is -2.22. The fourth-order valence-electron chi connectivity index (χ4n) is 2.88. The zero-order chi connectivity index (χ0) is 13.6. The predicted molar refractivity (Wildman–Crippen MR) is 82.1 cm³/mol. The molecule has 0 bridgehead atoms. The van der Waals surface area contributed by atoms with Gasteiger partial charge >= 0.3 is 0 Å². The van der Waals surface area contributed by atoms with Gasteiger partial charge in [-0.25, -0.2) is 0 Å². The van der Waals surface area contributed by atoms with Crippen molar-refractivity contribution in [2.45, 2.75) is 38.1 Å². The van der Waals surface area contributed by atoms with E-state index < -0.39 is 0 Å². The fraction of sp³-hybridized carbons (Fsp3) is 0.471. The van der Waals surface area contributed by atoms with E-state index in [1.807, 2.05) is 24.4 Å². The lowest BCUT2D eigenvalue weighted by atomic mass is 9.96. The van der Waals surface area contributed by atoms with E-state index in [1.165, 1.54) is 32.1 Å². The Labute approximate surface area is 120 Å². The van der Waals surface area contributed by atoms with Crippen LogP contribution in [0.1, 0.15) is 32.1 Å². The van der Waals surface area contributed by atoms with Gasteiger partial charge in [-0.1, -0.05) is 25.3 Å². The van der Waals surface area contributed by atoms with Gasteiger partial charge in [-0.3, -0.25) is 4.98 Å². The molecular formula is C17H22N2O. The van der Waals surface area contributed by atoms with Crippen molar-refractivity contribution >= 4 is 10.9 Å². The van der Waals surface area contributed by atoms with Gasteiger partial charge in [0.1, 0.15) is 12.4 Å². The number of nitrogens with one attached hydrogen (secondary N) is 1. The number of ether oxygens (including phenoxy) is 1. The summed E-state index contributed by atoms with van der Waals surface area (Å²) >= 11 is 0. The van der Waals surface area contributed by atoms with Crippen molar-refractivity contribution in [1.29, 1.82) is 0 Å². The minimum atomic E-state index is 0.702. The van der Waals surface area contributed by atoms with E-state index in [4.69, 9.17) is 4.74 Å². The smallest absolute Gasteiger partial charge is 0.120 e. The average molecular weight is 270 g/mol. The van der Waals surface area contributed by atoms with Gasteiger partial charge in [0.05, 0.1) is 5.52 Å². The first-order valence-electron chi connectivity index (χ1n) is 7.63. The minimum absolute atomic E-state index is 0.702. The Morgan fingerprint density at radius 2 is 2.05 bits per heavy atom. The summed E-state index contributed by atoms with van der Waals surface area (Å²) in [6.45, 7) is 1.65. The van der Waals surface area contributed by atoms with Crippen LogP contribution >= 0.6 is 0 Å². The number of rotatable bonds is 5. The van der Waals surface area contributed by atoms with Crippen LogP contribution in [0.4, 0.5) is 0 Å². The molecule has 1 aromatic heterocycles. The SMILES string of the molecule is c1cnc2ccc(OCCNC3CCCCC3)cc2c1. The summed E-state index contributed by atoms with van der Waals surface area (Å²) in [5.74, 6) is 0.927. The number of fused-ring (bicyclic) bond motifs is 1. The summed E-state index contributed by atoms with van der Waals surface area (Å²) in [5, 5.41) is 4.72. The zero-order valence-electron chi connectivity index (χ0n) is 11.8. The Morgan fingerprint density at radius 3 is 2.95 bits per heavy atom. The molecule has 20 heavy (non-hydrogen) atoms. The molecule has 3 nitrogen and oxygen atoms in total. The third-order valence-electron chi connectivity index (χ3n) is 3.98. The van der Waals surface area contributed by atoms with Gasteiger partial charge in [0.2, 0.25) is 0 Å². The van der Waals surface area contributed by atoms with E-state index >= 15 is 0 Å². The highest BCUT2D eigenvalue weighted by Gasteiger charge is 2.11. The molecule has 2 aromatic rings. The molecule has 0 amide bonds. The number of hydrogen-bond donors (Lipinski definition) is 1. The molecule has 1 aromatic carbocycles. The fourth-order valence-corrected chi connectivity index (χ4v) is 2.88. The second-order valence-corrected chi connectivity index (χ2v) is 5.50. The van der Waals surface area contributed by atoms with E-state index in [1.54, 1.807) is 0 Å². The van der Waals surface area contributed by atoms with E-state index in [2.05, 4.69) is 22.4 Å². The number of hydrogen-bond acceptors (Lipinski definition) is 3. The molecule has 3 heteroatoms. The Bertz CT molecular complexity index is 549. The molecule has 106 valence electrons. The molecular weight excluding hydrogens is 248 g/mol. The van der Waals surface area contributed by atoms with Crippen molar-refractivity contribution in [3.63, 3.8) is 0 Å². The summed E-state index contributed by atoms with van der Waals surface area (Å²) in [5.41, 5.74) is 1.01. The van der Waals surface area contributed by atoms with Crippen LogP contribution in [0.25, 0.3) is 10.9 Å². The third-order valence-corrected chi connectivity index (χ3v) is 3.98. The molecule has 1 aliphatic carbocycles. The molecule has 0 aliphatic heterocycles. The van der Waals surface area contributed by atoms with Gasteiger partial charge in [0.15, 0.2) is 0 Å². The molecule has 0 unspecified atom stereocenters. The molecule has 1 N–H and O–H groups in total. The molecule has 0 atom stereocenters. The molecule has 1 saturated carbocycles. The Morgan fingerprint density at radius 1 is 1.15 bits per heavy atom. The summed E-state index contributed by atoms with van der Waals surface area (Å²) in [4.78, 5) is 4.31. The Hall–Kier alpha value is -1.61. The molecule has 0 radical (unpaired) electrons. The van der Waals surface area contributed by atoms with Crippen LogP contribution in [0.3, 0.4) is 0 Å². The van der Waals surface area contributed by atoms with Crippen LogP contribution in [0.5, 0.6) is 5.75 Å². The number of aromatic nitrogens is 1. The summed E-state index contributed by atoms with van der Waals surface area (Å²) < 4.78 is 5.81. The topological polar surface area (TPSA) is 34.1 Å². The van der Waals surface area contributed by atoms with Crippen molar-refractivity contribution in [2.75, 3.05) is 13.2 Å². The van der Waals surface area contributed by atoms with E-state index in [0.717, 1.165) is 29.8 Å². The van der Waals surface area contributed by atoms with Gasteiger partial charge in [0, 0.05) is 24.2 Å². The number of nitrogens with zero attached hydrogens (tertiary/aromatic N) is 1. The van der Waals surface area contributed by atoms with Gasteiger partial charge in [-0.05, 0) is 37.1 Å². The van der Waals surface area contributed by atoms with Crippen molar-refractivity contribution in [3.8, 4) is 5.75 Å². The molecule has 3 rings (SSSR count). The van der Waals surface area contributed by atoms with Crippen LogP contribution in [0, 0.1) is 0 Å². The average Bonchev–Trinajstić information content (AvgIpc) is 2.52. The summed E-state index contributed by atoms with van der Waals surface area (Å²) in [7, 11) is 0. The predicted octanol–water partition coefficient (Wildman–Crippen LogP) is 3.54. The maximum absolute atomic E-state index is 5.81. The van der Waals surface area contributed by atoms with E-state index in [0.29, 0.717) is 6.04 Å². The first kappa shape index (κ1) is 13.4. The quantitative estimate of drug-likeness (QED) is 0.844. The van der Waals surface area contributed by atoms with Crippen LogP contribution in [-0.2, 0) is 0 Å². The second-order valence-electron chi connectivity index (χ2n) is 5.50. The maximum Gasteiger partial charge on any atom is 0.120 e. The highest BCUT2D eigenvalue weighted by Crippen LogP contribution is 2.19. The summed E-state index contributed by atoms with van der Waals surface area (Å²) in [6.07, 6.45) is 8.60. The van der Waals surface area contributed by atoms with E-state index in [-0.39, 0.29) is 0 Å². The van der Waals surface area contributed by atoms with Crippen LogP contribution in [-0.4, -0.2) is 24.2 Å². The van der Waals surface area contributed by atoms with E-state index in [9.17, 15) is 0 Å². The van der Waals surface area contributed by atoms with Gasteiger partial charge in [-0.15, -0.1) is 0 Å². The molecule has 1 fully saturated rings. The second kappa shape index (κ2) is 6.71. The van der Waals surface area contributed by atoms with Crippen molar-refractivity contribution in [3.05, 3.63) is 36.5 Å². The Balaban J connectivity index is 1.47.